The molecule has 1 atom stereocenters. The van der Waals surface area contributed by atoms with Crippen molar-refractivity contribution in [2.45, 2.75) is 18.9 Å². The van der Waals surface area contributed by atoms with Gasteiger partial charge in [0, 0.05) is 10.6 Å². The molecule has 96 valence electrons. The first-order valence-corrected chi connectivity index (χ1v) is 4.58. The molecule has 1 unspecified atom stereocenters. The van der Waals surface area contributed by atoms with Gasteiger partial charge in [0.25, 0.3) is 0 Å². The molecule has 1 rings (SSSR count). The number of alkyl halides is 5. The summed E-state index contributed by atoms with van der Waals surface area (Å²) in [6.45, 7) is -3.30. The molecule has 1 aromatic carbocycles. The zero-order valence-electron chi connectivity index (χ0n) is 8.01. The van der Waals surface area contributed by atoms with Gasteiger partial charge in [-0.1, -0.05) is 11.6 Å². The molecule has 0 aliphatic rings. The average Bonchev–Trinajstić information content (AvgIpc) is 2.17. The number of hydrogen-bond donors (Lipinski definition) is 1. The lowest BCUT2D eigenvalue weighted by Gasteiger charge is -2.18. The molecule has 17 heavy (non-hydrogen) atoms. The van der Waals surface area contributed by atoms with Gasteiger partial charge in [-0.3, -0.25) is 0 Å². The highest BCUT2D eigenvalue weighted by Gasteiger charge is 2.41. The van der Waals surface area contributed by atoms with E-state index in [2.05, 4.69) is 4.74 Å². The number of benzene rings is 1. The van der Waals surface area contributed by atoms with Gasteiger partial charge in [0.1, 0.15) is 5.75 Å². The van der Waals surface area contributed by atoms with Gasteiger partial charge >= 0.3 is 12.8 Å². The van der Waals surface area contributed by atoms with E-state index < -0.39 is 30.2 Å². The minimum absolute atomic E-state index is 0.134. The Morgan fingerprint density at radius 1 is 1.24 bits per heavy atom. The fourth-order valence-corrected chi connectivity index (χ4v) is 1.29. The van der Waals surface area contributed by atoms with Gasteiger partial charge in [-0.15, -0.1) is 0 Å². The summed E-state index contributed by atoms with van der Waals surface area (Å²) in [6.07, 6.45) is -7.93. The van der Waals surface area contributed by atoms with Crippen molar-refractivity contribution in [1.29, 1.82) is 0 Å². The van der Waals surface area contributed by atoms with Crippen LogP contribution in [0.5, 0.6) is 5.75 Å². The number of aliphatic hydroxyl groups excluding tert-OH is 1. The Labute approximate surface area is 97.6 Å². The molecule has 1 aromatic rings. The van der Waals surface area contributed by atoms with Crippen LogP contribution in [0.15, 0.2) is 18.2 Å². The van der Waals surface area contributed by atoms with E-state index in [-0.39, 0.29) is 5.02 Å². The Kier molecular flexibility index (Phi) is 4.16. The van der Waals surface area contributed by atoms with Crippen LogP contribution in [0.25, 0.3) is 0 Å². The minimum Gasteiger partial charge on any atom is -0.434 e. The predicted molar refractivity (Wildman–Crippen MR) is 49.1 cm³/mol. The first kappa shape index (κ1) is 14.0. The molecule has 0 saturated carbocycles. The number of ether oxygens (including phenoxy) is 1. The Morgan fingerprint density at radius 2 is 1.82 bits per heavy atom. The summed E-state index contributed by atoms with van der Waals surface area (Å²) in [5.41, 5.74) is -0.856. The Balaban J connectivity index is 3.15. The van der Waals surface area contributed by atoms with Gasteiger partial charge in [-0.2, -0.15) is 22.0 Å². The molecule has 0 saturated heterocycles. The fourth-order valence-electron chi connectivity index (χ4n) is 1.11. The zero-order valence-corrected chi connectivity index (χ0v) is 8.77. The van der Waals surface area contributed by atoms with Crippen LogP contribution in [0.3, 0.4) is 0 Å². The van der Waals surface area contributed by atoms with Gasteiger partial charge in [0.2, 0.25) is 0 Å². The quantitative estimate of drug-likeness (QED) is 0.856. The maximum atomic E-state index is 12.2. The van der Waals surface area contributed by atoms with Gasteiger partial charge in [0.15, 0.2) is 6.10 Å². The Bertz CT molecular complexity index is 393. The van der Waals surface area contributed by atoms with Gasteiger partial charge in [-0.05, 0) is 18.2 Å². The summed E-state index contributed by atoms with van der Waals surface area (Å²) in [5.74, 6) is -0.769. The topological polar surface area (TPSA) is 29.5 Å². The van der Waals surface area contributed by atoms with Crippen molar-refractivity contribution in [2.75, 3.05) is 0 Å². The van der Waals surface area contributed by atoms with E-state index in [1.54, 1.807) is 0 Å². The van der Waals surface area contributed by atoms with Crippen molar-refractivity contribution >= 4 is 11.6 Å². The third kappa shape index (κ3) is 3.71. The molecule has 0 aliphatic heterocycles. The predicted octanol–water partition coefficient (Wildman–Crippen LogP) is 3.54. The average molecular weight is 277 g/mol. The maximum absolute atomic E-state index is 12.2. The van der Waals surface area contributed by atoms with E-state index in [4.69, 9.17) is 16.7 Å². The summed E-state index contributed by atoms with van der Waals surface area (Å²) >= 11 is 5.43. The van der Waals surface area contributed by atoms with Crippen molar-refractivity contribution in [3.05, 3.63) is 28.8 Å². The number of rotatable bonds is 3. The third-order valence-corrected chi connectivity index (χ3v) is 2.03. The highest BCUT2D eigenvalue weighted by Crippen LogP contribution is 2.38. The van der Waals surface area contributed by atoms with Gasteiger partial charge in [-0.25, -0.2) is 0 Å². The number of halogens is 6. The molecule has 0 heterocycles. The lowest BCUT2D eigenvalue weighted by Crippen LogP contribution is -2.21. The fraction of sp³-hybridized carbons (Fsp3) is 0.333. The molecular weight excluding hydrogens is 271 g/mol. The number of hydrogen-bond acceptors (Lipinski definition) is 2. The summed E-state index contributed by atoms with van der Waals surface area (Å²) in [7, 11) is 0. The lowest BCUT2D eigenvalue weighted by atomic mass is 10.1. The van der Waals surface area contributed by atoms with Crippen LogP contribution in [-0.4, -0.2) is 17.9 Å². The molecule has 0 fully saturated rings. The molecule has 0 aliphatic carbocycles. The summed E-state index contributed by atoms with van der Waals surface area (Å²) < 4.78 is 64.5. The van der Waals surface area contributed by atoms with Crippen molar-refractivity contribution in [2.24, 2.45) is 0 Å². The molecule has 2 nitrogen and oxygen atoms in total. The van der Waals surface area contributed by atoms with E-state index in [0.29, 0.717) is 0 Å². The van der Waals surface area contributed by atoms with Gasteiger partial charge < -0.3 is 9.84 Å². The summed E-state index contributed by atoms with van der Waals surface area (Å²) in [4.78, 5) is 0. The van der Waals surface area contributed by atoms with E-state index in [1.807, 2.05) is 0 Å². The van der Waals surface area contributed by atoms with Gasteiger partial charge in [0.05, 0.1) is 0 Å². The standard InChI is InChI=1S/C9H6ClF5O2/c10-4-1-2-6(17-8(11)12)5(3-4)7(16)9(13,14)15/h1-3,7-8,16H. The van der Waals surface area contributed by atoms with Crippen LogP contribution < -0.4 is 4.74 Å². The first-order valence-electron chi connectivity index (χ1n) is 4.21. The summed E-state index contributed by atoms with van der Waals surface area (Å²) in [5, 5.41) is 8.83. The second-order valence-corrected chi connectivity index (χ2v) is 3.44. The highest BCUT2D eigenvalue weighted by molar-refractivity contribution is 6.30. The van der Waals surface area contributed by atoms with Crippen LogP contribution in [0.1, 0.15) is 11.7 Å². The van der Waals surface area contributed by atoms with Crippen LogP contribution in [-0.2, 0) is 0 Å². The maximum Gasteiger partial charge on any atom is 0.418 e. The molecule has 0 radical (unpaired) electrons. The zero-order chi connectivity index (χ0) is 13.2. The van der Waals surface area contributed by atoms with Crippen LogP contribution >= 0.6 is 11.6 Å². The van der Waals surface area contributed by atoms with Crippen molar-refractivity contribution in [3.8, 4) is 5.75 Å². The van der Waals surface area contributed by atoms with Crippen LogP contribution in [0, 0.1) is 0 Å². The third-order valence-electron chi connectivity index (χ3n) is 1.79. The second kappa shape index (κ2) is 5.05. The second-order valence-electron chi connectivity index (χ2n) is 3.00. The molecule has 8 heteroatoms. The van der Waals surface area contributed by atoms with Crippen LogP contribution in [0.4, 0.5) is 22.0 Å². The molecule has 1 N–H and O–H groups in total. The summed E-state index contributed by atoms with van der Waals surface area (Å²) in [6, 6.07) is 2.63. The van der Waals surface area contributed by atoms with E-state index in [1.165, 1.54) is 0 Å². The van der Waals surface area contributed by atoms with E-state index in [0.717, 1.165) is 18.2 Å². The Morgan fingerprint density at radius 3 is 2.29 bits per heavy atom. The SMILES string of the molecule is OC(c1cc(Cl)ccc1OC(F)F)C(F)(F)F. The van der Waals surface area contributed by atoms with E-state index in [9.17, 15) is 22.0 Å². The lowest BCUT2D eigenvalue weighted by molar-refractivity contribution is -0.207. The molecule has 0 amide bonds. The monoisotopic (exact) mass is 276 g/mol. The van der Waals surface area contributed by atoms with Crippen molar-refractivity contribution in [3.63, 3.8) is 0 Å². The Hall–Kier alpha value is -1.08. The molecule has 0 aromatic heterocycles. The minimum atomic E-state index is -5.00. The number of aliphatic hydroxyl groups is 1. The normalized spacial score (nSPS) is 13.9. The molecule has 0 bridgehead atoms. The van der Waals surface area contributed by atoms with Crippen LogP contribution in [0.2, 0.25) is 5.02 Å². The largest absolute Gasteiger partial charge is 0.434 e. The highest BCUT2D eigenvalue weighted by atomic mass is 35.5. The molecule has 0 spiro atoms. The smallest absolute Gasteiger partial charge is 0.418 e. The van der Waals surface area contributed by atoms with Crippen molar-refractivity contribution in [1.82, 2.24) is 0 Å². The first-order chi connectivity index (χ1) is 7.71. The van der Waals surface area contributed by atoms with E-state index >= 15 is 0 Å². The molecular formula is C9H6ClF5O2. The van der Waals surface area contributed by atoms with Crippen molar-refractivity contribution < 1.29 is 31.8 Å².